The number of primary amides is 1. The number of nitrogens with one attached hydrogen (secondary N) is 1. The van der Waals surface area contributed by atoms with E-state index in [9.17, 15) is 34.8 Å². The smallest absolute Gasteiger partial charge is 0.255 e. The number of rotatable bonds is 7. The first-order chi connectivity index (χ1) is 17.4. The minimum absolute atomic E-state index is 0.0311. The van der Waals surface area contributed by atoms with Crippen LogP contribution in [0.5, 0.6) is 5.75 Å². The zero-order chi connectivity index (χ0) is 27.4. The third-order valence-corrected chi connectivity index (χ3v) is 8.21. The van der Waals surface area contributed by atoms with Gasteiger partial charge < -0.3 is 31.5 Å². The maximum Gasteiger partial charge on any atom is 0.255 e. The summed E-state index contributed by atoms with van der Waals surface area (Å²) in [5, 5.41) is 47.8. The lowest BCUT2D eigenvalue weighted by Gasteiger charge is -2.50. The molecule has 1 amide bonds. The second-order valence-corrected chi connectivity index (χ2v) is 10.7. The van der Waals surface area contributed by atoms with Crippen molar-refractivity contribution in [1.82, 2.24) is 10.2 Å². The number of ketones is 2. The summed E-state index contributed by atoms with van der Waals surface area (Å²) in [5.74, 6) is -6.00. The fraction of sp³-hybridized carbons (Fsp3) is 0.519. The monoisotopic (exact) mass is 513 g/mol. The van der Waals surface area contributed by atoms with Gasteiger partial charge in [0.05, 0.1) is 11.6 Å². The predicted octanol–water partition coefficient (Wildman–Crippen LogP) is 1.26. The van der Waals surface area contributed by atoms with E-state index in [2.05, 4.69) is 19.2 Å². The van der Waals surface area contributed by atoms with Gasteiger partial charge in [-0.05, 0) is 62.5 Å². The second-order valence-electron chi connectivity index (χ2n) is 10.7. The number of nitrogens with two attached hydrogens (primary N) is 1. The molecular weight excluding hydrogens is 478 g/mol. The number of aliphatic hydroxyl groups excluding tert-OH is 2. The lowest BCUT2D eigenvalue weighted by Crippen LogP contribution is -2.63. The number of hydrogen-bond donors (Lipinski definition) is 6. The molecule has 1 aromatic carbocycles. The number of benzene rings is 1. The van der Waals surface area contributed by atoms with E-state index in [-0.39, 0.29) is 29.7 Å². The number of aliphatic hydroxyl groups is 3. The van der Waals surface area contributed by atoms with Crippen LogP contribution in [0.2, 0.25) is 0 Å². The van der Waals surface area contributed by atoms with Gasteiger partial charge >= 0.3 is 0 Å². The van der Waals surface area contributed by atoms with E-state index in [0.29, 0.717) is 18.0 Å². The molecule has 2 unspecified atom stereocenters. The van der Waals surface area contributed by atoms with Gasteiger partial charge in [0, 0.05) is 18.0 Å². The molecule has 4 rings (SSSR count). The Bertz CT molecular complexity index is 1230. The van der Waals surface area contributed by atoms with Crippen LogP contribution in [0.25, 0.3) is 0 Å². The van der Waals surface area contributed by atoms with Crippen LogP contribution < -0.4 is 11.1 Å². The van der Waals surface area contributed by atoms with Crippen LogP contribution in [-0.2, 0) is 22.6 Å². The van der Waals surface area contributed by atoms with Crippen molar-refractivity contribution in [2.75, 3.05) is 20.6 Å². The summed E-state index contributed by atoms with van der Waals surface area (Å²) in [7, 11) is 3.21. The summed E-state index contributed by atoms with van der Waals surface area (Å²) >= 11 is 0. The average molecular weight is 514 g/mol. The molecule has 3 aliphatic rings. The molecule has 10 heteroatoms. The highest BCUT2D eigenvalue weighted by atomic mass is 16.3. The molecule has 0 radical (unpaired) electrons. The lowest BCUT2D eigenvalue weighted by molar-refractivity contribution is -0.148. The van der Waals surface area contributed by atoms with Gasteiger partial charge in [0.2, 0.25) is 5.78 Å². The number of likely N-dealkylation sites (N-methyl/N-ethyl adjacent to an activating group) is 1. The number of allylic oxidation sites excluding steroid dienone is 1. The molecule has 5 atom stereocenters. The normalized spacial score (nSPS) is 28.2. The van der Waals surface area contributed by atoms with E-state index < -0.39 is 58.0 Å². The highest BCUT2D eigenvalue weighted by Gasteiger charge is 2.63. The van der Waals surface area contributed by atoms with Gasteiger partial charge in [-0.2, -0.15) is 0 Å². The molecule has 0 saturated carbocycles. The number of phenolic OH excluding ortho intramolecular Hbond substituents is 1. The Balaban J connectivity index is 1.83. The van der Waals surface area contributed by atoms with Crippen LogP contribution in [0.4, 0.5) is 0 Å². The number of amides is 1. The fourth-order valence-corrected chi connectivity index (χ4v) is 6.08. The Morgan fingerprint density at radius 3 is 2.51 bits per heavy atom. The maximum atomic E-state index is 13.7. The molecule has 1 aromatic rings. The van der Waals surface area contributed by atoms with Crippen molar-refractivity contribution in [2.45, 2.75) is 51.3 Å². The van der Waals surface area contributed by atoms with Crippen molar-refractivity contribution in [3.05, 3.63) is 51.5 Å². The molecular formula is C27H35N3O7. The standard InChI is InChI=1S/C27H35N3O7/c1-5-12(2)10-29-11-13-6-7-17(31)19-15(13)8-14-9-16-21(30(3)4)23(33)20(26(28)36)25(35)27(16,37)24(34)18(14)22(19)32/h6-7,12,14,16,21,29,31,33-34,37H,5,8-11H2,1-4H3,(H2,28,36)/t12?,14-,16-,21?,27-/m0/s1. The Morgan fingerprint density at radius 2 is 1.92 bits per heavy atom. The third-order valence-electron chi connectivity index (χ3n) is 8.21. The van der Waals surface area contributed by atoms with Crippen LogP contribution in [0.15, 0.2) is 34.8 Å². The van der Waals surface area contributed by atoms with Crippen LogP contribution in [-0.4, -0.2) is 75.1 Å². The SMILES string of the molecule is CCC(C)CNCc1ccc(O)c2c1C[C@H]1C[C@H]3C(N(C)C)C(O)=C(C(N)=O)C(=O)[C@@]3(O)C(O)=C1C2=O. The molecule has 0 spiro atoms. The molecule has 0 fully saturated rings. The molecule has 0 bridgehead atoms. The molecule has 10 nitrogen and oxygen atoms in total. The van der Waals surface area contributed by atoms with Crippen molar-refractivity contribution in [1.29, 1.82) is 0 Å². The summed E-state index contributed by atoms with van der Waals surface area (Å²) in [6.07, 6.45) is 1.37. The van der Waals surface area contributed by atoms with Crippen molar-refractivity contribution in [2.24, 2.45) is 23.5 Å². The summed E-state index contributed by atoms with van der Waals surface area (Å²) in [4.78, 5) is 40.6. The maximum absolute atomic E-state index is 13.7. The van der Waals surface area contributed by atoms with Crippen molar-refractivity contribution < 1.29 is 34.8 Å². The van der Waals surface area contributed by atoms with Gasteiger partial charge in [-0.3, -0.25) is 19.3 Å². The predicted molar refractivity (Wildman–Crippen MR) is 135 cm³/mol. The van der Waals surface area contributed by atoms with Crippen LogP contribution in [0.1, 0.15) is 48.2 Å². The summed E-state index contributed by atoms with van der Waals surface area (Å²) < 4.78 is 0. The highest BCUT2D eigenvalue weighted by molar-refractivity contribution is 6.24. The van der Waals surface area contributed by atoms with E-state index >= 15 is 0 Å². The van der Waals surface area contributed by atoms with Crippen molar-refractivity contribution in [3.63, 3.8) is 0 Å². The van der Waals surface area contributed by atoms with E-state index in [0.717, 1.165) is 18.5 Å². The van der Waals surface area contributed by atoms with E-state index in [1.165, 1.54) is 11.0 Å². The topological polar surface area (TPSA) is 173 Å². The minimum atomic E-state index is -2.63. The minimum Gasteiger partial charge on any atom is -0.510 e. The number of hydrogen-bond acceptors (Lipinski definition) is 9. The zero-order valence-electron chi connectivity index (χ0n) is 21.5. The fourth-order valence-electron chi connectivity index (χ4n) is 6.08. The highest BCUT2D eigenvalue weighted by Crippen LogP contribution is 2.52. The molecule has 37 heavy (non-hydrogen) atoms. The number of carbonyl (C=O) groups excluding carboxylic acids is 3. The quantitative estimate of drug-likeness (QED) is 0.293. The third kappa shape index (κ3) is 4.03. The number of Topliss-reactive ketones (excluding diaryl/α,β-unsaturated/α-hetero) is 2. The molecule has 0 saturated heterocycles. The first-order valence-electron chi connectivity index (χ1n) is 12.5. The van der Waals surface area contributed by atoms with Gasteiger partial charge in [-0.15, -0.1) is 0 Å². The van der Waals surface area contributed by atoms with Gasteiger partial charge in [0.25, 0.3) is 5.91 Å². The number of nitrogens with zero attached hydrogens (tertiary/aromatic N) is 1. The van der Waals surface area contributed by atoms with Crippen LogP contribution in [0.3, 0.4) is 0 Å². The largest absolute Gasteiger partial charge is 0.510 e. The molecule has 0 aliphatic heterocycles. The summed E-state index contributed by atoms with van der Waals surface area (Å²) in [5.41, 5.74) is 3.27. The van der Waals surface area contributed by atoms with E-state index in [1.54, 1.807) is 20.2 Å². The Kier molecular flexibility index (Phi) is 6.96. The lowest BCUT2D eigenvalue weighted by atomic mass is 9.58. The molecule has 200 valence electrons. The number of carbonyl (C=O) groups is 3. The first kappa shape index (κ1) is 26.8. The molecule has 0 heterocycles. The Hall–Kier alpha value is -3.21. The molecule has 7 N–H and O–H groups in total. The van der Waals surface area contributed by atoms with E-state index in [1.807, 2.05) is 0 Å². The number of aromatic hydroxyl groups is 1. The zero-order valence-corrected chi connectivity index (χ0v) is 21.5. The van der Waals surface area contributed by atoms with Gasteiger partial charge in [0.1, 0.15) is 22.8 Å². The first-order valence-corrected chi connectivity index (χ1v) is 12.5. The molecule has 3 aliphatic carbocycles. The average Bonchev–Trinajstić information content (AvgIpc) is 2.82. The Morgan fingerprint density at radius 1 is 1.24 bits per heavy atom. The second kappa shape index (κ2) is 9.59. The Labute approximate surface area is 215 Å². The summed E-state index contributed by atoms with van der Waals surface area (Å²) in [6, 6.07) is 2.18. The van der Waals surface area contributed by atoms with Gasteiger partial charge in [-0.1, -0.05) is 26.3 Å². The van der Waals surface area contributed by atoms with Gasteiger partial charge in [-0.25, -0.2) is 0 Å². The number of phenols is 1. The van der Waals surface area contributed by atoms with E-state index in [4.69, 9.17) is 5.73 Å². The molecule has 0 aromatic heterocycles. The van der Waals surface area contributed by atoms with Crippen molar-refractivity contribution >= 4 is 17.5 Å². The van der Waals surface area contributed by atoms with Gasteiger partial charge in [0.15, 0.2) is 11.4 Å². The van der Waals surface area contributed by atoms with Crippen molar-refractivity contribution in [3.8, 4) is 5.75 Å². The summed E-state index contributed by atoms with van der Waals surface area (Å²) in [6.45, 7) is 5.50. The number of fused-ring (bicyclic) bond motifs is 3. The van der Waals surface area contributed by atoms with Crippen LogP contribution in [0, 0.1) is 17.8 Å². The van der Waals surface area contributed by atoms with Crippen LogP contribution >= 0.6 is 0 Å².